The van der Waals surface area contributed by atoms with Crippen molar-refractivity contribution in [2.24, 2.45) is 15.3 Å². The summed E-state index contributed by atoms with van der Waals surface area (Å²) in [6.07, 6.45) is -0.806. The first kappa shape index (κ1) is 24.3. The molecule has 0 spiro atoms. The first-order valence-corrected chi connectivity index (χ1v) is 10.1. The minimum absolute atomic E-state index is 0.134. The van der Waals surface area contributed by atoms with Gasteiger partial charge in [0, 0.05) is 24.1 Å². The van der Waals surface area contributed by atoms with Crippen LogP contribution in [0.25, 0.3) is 0 Å². The van der Waals surface area contributed by atoms with Gasteiger partial charge in [0.2, 0.25) is 11.8 Å². The number of anilines is 1. The molecular formula is C21H17ClN6O6. The minimum atomic E-state index is -1.24. The highest BCUT2D eigenvalue weighted by Crippen LogP contribution is 2.23. The van der Waals surface area contributed by atoms with Gasteiger partial charge in [-0.15, -0.1) is 0 Å². The lowest BCUT2D eigenvalue weighted by Crippen LogP contribution is -2.41. The molecule has 2 aromatic carbocycles. The third-order valence-electron chi connectivity index (χ3n) is 4.61. The van der Waals surface area contributed by atoms with Gasteiger partial charge < -0.3 is 0 Å². The number of carbonyl (C=O) groups is 4. The number of rotatable bonds is 6. The average Bonchev–Trinajstić information content (AvgIpc) is 3.07. The van der Waals surface area contributed by atoms with Crippen molar-refractivity contribution in [1.29, 1.82) is 0 Å². The lowest BCUT2D eigenvalue weighted by molar-refractivity contribution is -0.384. The summed E-state index contributed by atoms with van der Waals surface area (Å²) >= 11 is 5.83. The van der Waals surface area contributed by atoms with E-state index < -0.39 is 41.0 Å². The van der Waals surface area contributed by atoms with Gasteiger partial charge in [-0.1, -0.05) is 17.7 Å². The number of azo groups is 1. The molecule has 0 saturated carbocycles. The van der Waals surface area contributed by atoms with E-state index in [2.05, 4.69) is 15.3 Å². The summed E-state index contributed by atoms with van der Waals surface area (Å²) in [5, 5.41) is 23.3. The SMILES string of the molecule is CC(=O)N(C(=O)CC(=O)N1N=C(C)[C@H](N=Nc2cccc([N+](=O)[O-])c2)C1=O)c1ccc(Cl)cc1. The fraction of sp³-hybridized carbons (Fsp3) is 0.190. The average molecular weight is 485 g/mol. The van der Waals surface area contributed by atoms with E-state index >= 15 is 0 Å². The molecule has 0 fully saturated rings. The van der Waals surface area contributed by atoms with Gasteiger partial charge in [-0.2, -0.15) is 20.3 Å². The molecule has 0 aromatic heterocycles. The Bertz CT molecular complexity index is 1240. The van der Waals surface area contributed by atoms with E-state index in [0.717, 1.165) is 11.8 Å². The smallest absolute Gasteiger partial charge is 0.274 e. The zero-order chi connectivity index (χ0) is 25.0. The Balaban J connectivity index is 1.72. The molecule has 1 atom stereocenters. The van der Waals surface area contributed by atoms with Crippen LogP contribution in [0.4, 0.5) is 17.1 Å². The fourth-order valence-corrected chi connectivity index (χ4v) is 3.16. The van der Waals surface area contributed by atoms with Crippen molar-refractivity contribution in [3.05, 3.63) is 63.7 Å². The monoisotopic (exact) mass is 484 g/mol. The lowest BCUT2D eigenvalue weighted by Gasteiger charge is -2.20. The van der Waals surface area contributed by atoms with E-state index in [9.17, 15) is 29.3 Å². The van der Waals surface area contributed by atoms with Crippen LogP contribution in [0.1, 0.15) is 20.3 Å². The topological polar surface area (TPSA) is 155 Å². The molecular weight excluding hydrogens is 468 g/mol. The molecule has 1 aliphatic heterocycles. The van der Waals surface area contributed by atoms with Crippen LogP contribution < -0.4 is 4.90 Å². The molecule has 0 N–H and O–H groups in total. The van der Waals surface area contributed by atoms with Crippen LogP contribution in [-0.2, 0) is 19.2 Å². The van der Waals surface area contributed by atoms with Crippen molar-refractivity contribution < 1.29 is 24.1 Å². The Morgan fingerprint density at radius 3 is 2.50 bits per heavy atom. The number of hydrogen-bond donors (Lipinski definition) is 0. The molecule has 13 heteroatoms. The summed E-state index contributed by atoms with van der Waals surface area (Å²) in [5.74, 6) is -3.29. The van der Waals surface area contributed by atoms with Gasteiger partial charge in [0.15, 0.2) is 6.04 Å². The maximum Gasteiger partial charge on any atom is 0.282 e. The van der Waals surface area contributed by atoms with Crippen LogP contribution in [0.3, 0.4) is 0 Å². The summed E-state index contributed by atoms with van der Waals surface area (Å²) in [5.41, 5.74) is 0.285. The molecule has 12 nitrogen and oxygen atoms in total. The summed E-state index contributed by atoms with van der Waals surface area (Å²) in [6.45, 7) is 2.60. The van der Waals surface area contributed by atoms with Crippen molar-refractivity contribution >= 4 is 58.0 Å². The second-order valence-electron chi connectivity index (χ2n) is 7.08. The molecule has 1 aliphatic rings. The third kappa shape index (κ3) is 5.35. The van der Waals surface area contributed by atoms with Crippen molar-refractivity contribution in [1.82, 2.24) is 5.01 Å². The molecule has 0 bridgehead atoms. The Hall–Kier alpha value is -4.32. The zero-order valence-corrected chi connectivity index (χ0v) is 18.7. The van der Waals surface area contributed by atoms with Crippen LogP contribution in [-0.4, -0.2) is 45.3 Å². The number of nitro groups is 1. The quantitative estimate of drug-likeness (QED) is 0.265. The normalized spacial score (nSPS) is 15.4. The summed E-state index contributed by atoms with van der Waals surface area (Å²) in [7, 11) is 0. The predicted molar refractivity (Wildman–Crippen MR) is 121 cm³/mol. The van der Waals surface area contributed by atoms with Gasteiger partial charge in [-0.3, -0.25) is 34.2 Å². The highest BCUT2D eigenvalue weighted by Gasteiger charge is 2.39. The van der Waals surface area contributed by atoms with Crippen molar-refractivity contribution in [3.8, 4) is 0 Å². The number of non-ortho nitro benzene ring substituents is 1. The van der Waals surface area contributed by atoms with E-state index in [-0.39, 0.29) is 22.8 Å². The molecule has 0 aliphatic carbocycles. The van der Waals surface area contributed by atoms with Crippen LogP contribution in [0, 0.1) is 10.1 Å². The second kappa shape index (κ2) is 10.1. The van der Waals surface area contributed by atoms with E-state index in [1.165, 1.54) is 55.5 Å². The van der Waals surface area contributed by atoms with E-state index in [1.807, 2.05) is 0 Å². The van der Waals surface area contributed by atoms with Crippen molar-refractivity contribution in [2.75, 3.05) is 4.90 Å². The molecule has 0 saturated heterocycles. The zero-order valence-electron chi connectivity index (χ0n) is 17.9. The summed E-state index contributed by atoms with van der Waals surface area (Å²) in [4.78, 5) is 61.1. The number of imide groups is 2. The number of halogens is 1. The lowest BCUT2D eigenvalue weighted by atomic mass is 10.2. The Morgan fingerprint density at radius 2 is 1.88 bits per heavy atom. The van der Waals surface area contributed by atoms with Gasteiger partial charge in [-0.25, -0.2) is 0 Å². The van der Waals surface area contributed by atoms with Gasteiger partial charge >= 0.3 is 0 Å². The Labute approximate surface area is 197 Å². The first-order chi connectivity index (χ1) is 16.1. The number of benzene rings is 2. The maximum atomic E-state index is 12.7. The van der Waals surface area contributed by atoms with E-state index in [4.69, 9.17) is 11.6 Å². The number of amides is 4. The molecule has 174 valence electrons. The van der Waals surface area contributed by atoms with Gasteiger partial charge in [0.05, 0.1) is 22.0 Å². The van der Waals surface area contributed by atoms with Crippen molar-refractivity contribution in [2.45, 2.75) is 26.3 Å². The maximum absolute atomic E-state index is 12.7. The van der Waals surface area contributed by atoms with E-state index in [1.54, 1.807) is 0 Å². The van der Waals surface area contributed by atoms with E-state index in [0.29, 0.717) is 10.0 Å². The number of hydrazone groups is 1. The largest absolute Gasteiger partial charge is 0.282 e. The molecule has 0 unspecified atom stereocenters. The Kier molecular flexibility index (Phi) is 7.21. The number of nitrogens with zero attached hydrogens (tertiary/aromatic N) is 6. The number of carbonyl (C=O) groups excluding carboxylic acids is 4. The predicted octanol–water partition coefficient (Wildman–Crippen LogP) is 3.42. The Morgan fingerprint density at radius 1 is 1.21 bits per heavy atom. The van der Waals surface area contributed by atoms with Gasteiger partial charge in [-0.05, 0) is 37.3 Å². The van der Waals surface area contributed by atoms with Gasteiger partial charge in [0.25, 0.3) is 17.5 Å². The van der Waals surface area contributed by atoms with Crippen LogP contribution in [0.15, 0.2) is 63.9 Å². The minimum Gasteiger partial charge on any atom is -0.274 e. The van der Waals surface area contributed by atoms with Crippen LogP contribution in [0.2, 0.25) is 5.02 Å². The first-order valence-electron chi connectivity index (χ1n) is 9.74. The third-order valence-corrected chi connectivity index (χ3v) is 4.87. The molecule has 3 rings (SSSR count). The molecule has 34 heavy (non-hydrogen) atoms. The molecule has 4 amide bonds. The van der Waals surface area contributed by atoms with Crippen LogP contribution in [0.5, 0.6) is 0 Å². The van der Waals surface area contributed by atoms with Crippen LogP contribution >= 0.6 is 11.6 Å². The summed E-state index contributed by atoms with van der Waals surface area (Å²) in [6, 6.07) is 9.93. The highest BCUT2D eigenvalue weighted by atomic mass is 35.5. The number of nitro benzene ring substituents is 1. The second-order valence-corrected chi connectivity index (χ2v) is 7.52. The number of hydrogen-bond acceptors (Lipinski definition) is 9. The molecule has 2 aromatic rings. The highest BCUT2D eigenvalue weighted by molar-refractivity contribution is 6.30. The molecule has 1 heterocycles. The van der Waals surface area contributed by atoms with Gasteiger partial charge in [0.1, 0.15) is 6.42 Å². The standard InChI is InChI=1S/C21H17ClN6O6/c1-12-20(24-23-15-4-3-5-17(10-15)28(33)34)21(32)27(25-12)19(31)11-18(30)26(13(2)29)16-8-6-14(22)7-9-16/h3-10,20H,11H2,1-2H3/t20-/m0/s1. The molecule has 0 radical (unpaired) electrons. The van der Waals surface area contributed by atoms with Crippen molar-refractivity contribution in [3.63, 3.8) is 0 Å². The summed E-state index contributed by atoms with van der Waals surface area (Å²) < 4.78 is 0. The fourth-order valence-electron chi connectivity index (χ4n) is 3.04.